The molecule has 4 atom stereocenters. The number of imide groups is 1. The van der Waals surface area contributed by atoms with Crippen molar-refractivity contribution in [1.29, 1.82) is 0 Å². The normalized spacial score (nSPS) is 25.8. The number of hydrogen-bond donors (Lipinski definition) is 1. The summed E-state index contributed by atoms with van der Waals surface area (Å²) in [5.74, 6) is 0.447. The average molecular weight is 494 g/mol. The van der Waals surface area contributed by atoms with Gasteiger partial charge in [0.2, 0.25) is 11.8 Å². The maximum absolute atomic E-state index is 13.8. The maximum atomic E-state index is 13.8. The van der Waals surface area contributed by atoms with Crippen LogP contribution >= 0.6 is 11.8 Å². The maximum Gasteiger partial charge on any atom is 0.332 e. The van der Waals surface area contributed by atoms with Crippen LogP contribution in [-0.4, -0.2) is 52.9 Å². The second kappa shape index (κ2) is 9.93. The third-order valence-electron chi connectivity index (χ3n) is 7.38. The number of rotatable bonds is 6. The molecule has 0 spiro atoms. The molecule has 4 amide bonds. The zero-order chi connectivity index (χ0) is 24.5. The number of fused-ring (bicyclic) bond motifs is 3. The summed E-state index contributed by atoms with van der Waals surface area (Å²) in [6.07, 6.45) is 5.20. The van der Waals surface area contributed by atoms with Crippen molar-refractivity contribution in [2.24, 2.45) is 5.92 Å². The highest BCUT2D eigenvalue weighted by Crippen LogP contribution is 2.51. The number of anilines is 2. The van der Waals surface area contributed by atoms with Crippen molar-refractivity contribution in [3.8, 4) is 5.75 Å². The summed E-state index contributed by atoms with van der Waals surface area (Å²) in [6.45, 7) is 2.00. The van der Waals surface area contributed by atoms with Crippen molar-refractivity contribution >= 4 is 41.0 Å². The van der Waals surface area contributed by atoms with Gasteiger partial charge in [0.15, 0.2) is 0 Å². The van der Waals surface area contributed by atoms with Gasteiger partial charge in [-0.15, -0.1) is 11.8 Å². The van der Waals surface area contributed by atoms with Crippen LogP contribution in [-0.2, 0) is 16.0 Å². The number of urea groups is 1. The van der Waals surface area contributed by atoms with Crippen LogP contribution in [0.2, 0.25) is 0 Å². The average Bonchev–Trinajstić information content (AvgIpc) is 3.27. The van der Waals surface area contributed by atoms with Crippen LogP contribution in [0.1, 0.15) is 38.2 Å². The molecule has 1 saturated carbocycles. The molecule has 0 aromatic heterocycles. The number of aryl methyl sites for hydroxylation is 1. The number of carbonyl (C=O) groups is 3. The molecule has 2 aliphatic heterocycles. The summed E-state index contributed by atoms with van der Waals surface area (Å²) in [7, 11) is 1.57. The fourth-order valence-electron chi connectivity index (χ4n) is 5.58. The minimum Gasteiger partial charge on any atom is -0.497 e. The second-order valence-corrected chi connectivity index (χ2v) is 10.8. The fourth-order valence-corrected chi connectivity index (χ4v) is 7.49. The summed E-state index contributed by atoms with van der Waals surface area (Å²) >= 11 is 1.69. The Kier molecular flexibility index (Phi) is 6.73. The summed E-state index contributed by atoms with van der Waals surface area (Å²) in [4.78, 5) is 43.4. The highest BCUT2D eigenvalue weighted by atomic mass is 32.2. The molecule has 5 rings (SSSR count). The van der Waals surface area contributed by atoms with Gasteiger partial charge in [-0.1, -0.05) is 31.9 Å². The molecule has 8 heteroatoms. The van der Waals surface area contributed by atoms with Gasteiger partial charge in [-0.2, -0.15) is 0 Å². The number of ether oxygens (including phenoxy) is 1. The highest BCUT2D eigenvalue weighted by Gasteiger charge is 2.57. The van der Waals surface area contributed by atoms with E-state index >= 15 is 0 Å². The van der Waals surface area contributed by atoms with Crippen molar-refractivity contribution in [3.63, 3.8) is 0 Å². The number of carbonyl (C=O) groups excluding carboxylic acids is 3. The van der Waals surface area contributed by atoms with Gasteiger partial charge in [0.05, 0.1) is 18.8 Å². The molecule has 35 heavy (non-hydrogen) atoms. The van der Waals surface area contributed by atoms with Crippen molar-refractivity contribution in [3.05, 3.63) is 54.1 Å². The first kappa shape index (κ1) is 23.7. The van der Waals surface area contributed by atoms with Crippen molar-refractivity contribution in [1.82, 2.24) is 4.90 Å². The first-order chi connectivity index (χ1) is 17.0. The third-order valence-corrected chi connectivity index (χ3v) is 9.08. The van der Waals surface area contributed by atoms with Crippen LogP contribution < -0.4 is 15.0 Å². The topological polar surface area (TPSA) is 79.0 Å². The second-order valence-electron chi connectivity index (χ2n) is 9.41. The zero-order valence-corrected chi connectivity index (χ0v) is 20.9. The van der Waals surface area contributed by atoms with Gasteiger partial charge in [-0.25, -0.2) is 9.69 Å². The van der Waals surface area contributed by atoms with E-state index < -0.39 is 6.03 Å². The molecule has 3 fully saturated rings. The predicted octanol–water partition coefficient (Wildman–Crippen LogP) is 4.71. The van der Waals surface area contributed by atoms with Crippen LogP contribution in [0.4, 0.5) is 16.2 Å². The molecule has 0 radical (unpaired) electrons. The number of amides is 4. The zero-order valence-electron chi connectivity index (χ0n) is 20.1. The molecular weight excluding hydrogens is 462 g/mol. The lowest BCUT2D eigenvalue weighted by atomic mass is 9.81. The van der Waals surface area contributed by atoms with Crippen molar-refractivity contribution in [2.75, 3.05) is 23.9 Å². The van der Waals surface area contributed by atoms with E-state index in [4.69, 9.17) is 4.74 Å². The van der Waals surface area contributed by atoms with Crippen LogP contribution in [0.15, 0.2) is 48.5 Å². The van der Waals surface area contributed by atoms with E-state index in [1.54, 1.807) is 48.0 Å². The van der Waals surface area contributed by atoms with Gasteiger partial charge in [0.25, 0.3) is 0 Å². The molecule has 7 nitrogen and oxygen atoms in total. The Morgan fingerprint density at radius 2 is 1.77 bits per heavy atom. The molecule has 2 heterocycles. The van der Waals surface area contributed by atoms with Crippen LogP contribution in [0.3, 0.4) is 0 Å². The molecule has 184 valence electrons. The van der Waals surface area contributed by atoms with Gasteiger partial charge in [0, 0.05) is 10.9 Å². The number of hydrogen-bond acceptors (Lipinski definition) is 5. The quantitative estimate of drug-likeness (QED) is 0.631. The summed E-state index contributed by atoms with van der Waals surface area (Å²) in [5, 5.41) is 2.92. The molecule has 3 aliphatic rings. The molecular formula is C27H31N3O4S. The highest BCUT2D eigenvalue weighted by molar-refractivity contribution is 8.01. The molecule has 1 N–H and O–H groups in total. The number of benzene rings is 2. The summed E-state index contributed by atoms with van der Waals surface area (Å²) in [6, 6.07) is 14.0. The van der Waals surface area contributed by atoms with Gasteiger partial charge < -0.3 is 15.0 Å². The largest absolute Gasteiger partial charge is 0.497 e. The lowest BCUT2D eigenvalue weighted by Gasteiger charge is -2.43. The smallest absolute Gasteiger partial charge is 0.332 e. The molecule has 2 saturated heterocycles. The summed E-state index contributed by atoms with van der Waals surface area (Å²) in [5.41, 5.74) is 2.39. The van der Waals surface area contributed by atoms with E-state index in [0.717, 1.165) is 32.1 Å². The minimum absolute atomic E-state index is 0.0841. The Labute approximate surface area is 210 Å². The van der Waals surface area contributed by atoms with Gasteiger partial charge in [-0.05, 0) is 67.1 Å². The Bertz CT molecular complexity index is 1100. The SMILES string of the molecule is CCc1ccc(NC(=O)CN2C(=O)N(c3ccc(OC)cc3)C(=O)C3SC4CCCCC4C32)cc1. The van der Waals surface area contributed by atoms with E-state index in [2.05, 4.69) is 12.2 Å². The molecule has 0 bridgehead atoms. The van der Waals surface area contributed by atoms with E-state index in [-0.39, 0.29) is 35.6 Å². The van der Waals surface area contributed by atoms with Crippen molar-refractivity contribution < 1.29 is 19.1 Å². The minimum atomic E-state index is -0.426. The van der Waals surface area contributed by atoms with E-state index in [9.17, 15) is 14.4 Å². The monoisotopic (exact) mass is 493 g/mol. The van der Waals surface area contributed by atoms with E-state index in [0.29, 0.717) is 22.4 Å². The Morgan fingerprint density at radius 3 is 2.46 bits per heavy atom. The Morgan fingerprint density at radius 1 is 1.06 bits per heavy atom. The fraction of sp³-hybridized carbons (Fsp3) is 0.444. The van der Waals surface area contributed by atoms with E-state index in [1.165, 1.54) is 10.5 Å². The number of thioether (sulfide) groups is 1. The van der Waals surface area contributed by atoms with Crippen LogP contribution in [0.25, 0.3) is 0 Å². The van der Waals surface area contributed by atoms with E-state index in [1.807, 2.05) is 24.3 Å². The first-order valence-electron chi connectivity index (χ1n) is 12.3. The van der Waals surface area contributed by atoms with Crippen LogP contribution in [0, 0.1) is 5.92 Å². The third kappa shape index (κ3) is 4.51. The standard InChI is InChI=1S/C27H31N3O4S/c1-3-17-8-10-18(11-9-17)28-23(31)16-29-24-21-6-4-5-7-22(21)35-25(24)26(32)30(27(29)33)19-12-14-20(34-2)15-13-19/h8-15,21-22,24-25H,3-7,16H2,1-2H3,(H,28,31). The van der Waals surface area contributed by atoms with Gasteiger partial charge in [-0.3, -0.25) is 9.59 Å². The molecule has 2 aromatic rings. The molecule has 1 aliphatic carbocycles. The van der Waals surface area contributed by atoms with Gasteiger partial charge in [0.1, 0.15) is 17.5 Å². The summed E-state index contributed by atoms with van der Waals surface area (Å²) < 4.78 is 5.23. The molecule has 2 aromatic carbocycles. The first-order valence-corrected chi connectivity index (χ1v) is 13.3. The van der Waals surface area contributed by atoms with Crippen LogP contribution in [0.5, 0.6) is 5.75 Å². The Balaban J connectivity index is 1.42. The predicted molar refractivity (Wildman–Crippen MR) is 138 cm³/mol. The van der Waals surface area contributed by atoms with Crippen molar-refractivity contribution in [2.45, 2.75) is 55.6 Å². The van der Waals surface area contributed by atoms with Gasteiger partial charge >= 0.3 is 6.03 Å². The number of nitrogens with zero attached hydrogens (tertiary/aromatic N) is 2. The lowest BCUT2D eigenvalue weighted by Crippen LogP contribution is -2.65. The number of methoxy groups -OCH3 is 1. The Hall–Kier alpha value is -3.00. The number of nitrogens with one attached hydrogen (secondary N) is 1. The lowest BCUT2D eigenvalue weighted by molar-refractivity contribution is -0.122. The molecule has 4 unspecified atom stereocenters.